The van der Waals surface area contributed by atoms with E-state index in [9.17, 15) is 14.9 Å². The summed E-state index contributed by atoms with van der Waals surface area (Å²) in [5.41, 5.74) is -0.00222. The van der Waals surface area contributed by atoms with Crippen molar-refractivity contribution in [3.8, 4) is 0 Å². The highest BCUT2D eigenvalue weighted by molar-refractivity contribution is 8.01. The molecule has 0 atom stereocenters. The number of hydrogen-bond donors (Lipinski definition) is 1. The van der Waals surface area contributed by atoms with E-state index in [0.717, 1.165) is 23.1 Å². The zero-order chi connectivity index (χ0) is 15.2. The van der Waals surface area contributed by atoms with Gasteiger partial charge >= 0.3 is 6.09 Å². The van der Waals surface area contributed by atoms with E-state index in [-0.39, 0.29) is 17.4 Å². The van der Waals surface area contributed by atoms with Crippen LogP contribution in [0.1, 0.15) is 6.92 Å². The number of hydrogen-bond acceptors (Lipinski definition) is 8. The number of anilines is 1. The second-order valence-corrected chi connectivity index (χ2v) is 5.81. The smallest absolute Gasteiger partial charge is 0.413 e. The molecule has 0 fully saturated rings. The summed E-state index contributed by atoms with van der Waals surface area (Å²) in [6.45, 7) is 1.94. The van der Waals surface area contributed by atoms with Crippen LogP contribution >= 0.6 is 23.1 Å². The van der Waals surface area contributed by atoms with Gasteiger partial charge < -0.3 is 4.74 Å². The Morgan fingerprint density at radius 2 is 2.24 bits per heavy atom. The minimum Gasteiger partial charge on any atom is -0.450 e. The first-order valence-electron chi connectivity index (χ1n) is 5.78. The van der Waals surface area contributed by atoms with Crippen molar-refractivity contribution in [2.24, 2.45) is 0 Å². The van der Waals surface area contributed by atoms with Crippen LogP contribution in [0.15, 0.2) is 33.5 Å². The quantitative estimate of drug-likeness (QED) is 0.511. The van der Waals surface area contributed by atoms with Crippen molar-refractivity contribution in [3.63, 3.8) is 0 Å². The summed E-state index contributed by atoms with van der Waals surface area (Å²) < 4.78 is 5.20. The van der Waals surface area contributed by atoms with Gasteiger partial charge in [-0.1, -0.05) is 23.5 Å². The molecule has 1 N–H and O–H groups in total. The minimum atomic E-state index is -0.615. The Labute approximate surface area is 127 Å². The third-order valence-corrected chi connectivity index (χ3v) is 4.10. The Balaban J connectivity index is 2.09. The minimum absolute atomic E-state index is 0.00222. The maximum Gasteiger partial charge on any atom is 0.413 e. The normalized spacial score (nSPS) is 10.1. The van der Waals surface area contributed by atoms with Crippen molar-refractivity contribution < 1.29 is 14.5 Å². The Morgan fingerprint density at radius 1 is 1.48 bits per heavy atom. The third-order valence-electron chi connectivity index (χ3n) is 2.15. The summed E-state index contributed by atoms with van der Waals surface area (Å²) in [5.74, 6) is 0. The Bertz CT molecular complexity index is 661. The van der Waals surface area contributed by atoms with Gasteiger partial charge in [0, 0.05) is 6.07 Å². The van der Waals surface area contributed by atoms with Crippen molar-refractivity contribution >= 4 is 40.0 Å². The van der Waals surface area contributed by atoms with Crippen LogP contribution < -0.4 is 5.32 Å². The van der Waals surface area contributed by atoms with Gasteiger partial charge in [-0.05, 0) is 24.8 Å². The van der Waals surface area contributed by atoms with Gasteiger partial charge in [0.25, 0.3) is 5.69 Å². The van der Waals surface area contributed by atoms with Crippen molar-refractivity contribution in [2.45, 2.75) is 16.2 Å². The molecule has 10 heteroatoms. The number of nitrogens with one attached hydrogen (secondary N) is 1. The van der Waals surface area contributed by atoms with Gasteiger partial charge in [-0.2, -0.15) is 0 Å². The first-order chi connectivity index (χ1) is 10.1. The van der Waals surface area contributed by atoms with Crippen LogP contribution in [-0.2, 0) is 4.74 Å². The molecule has 0 aliphatic rings. The standard InChI is InChI=1S/C11H10N4O4S2/c1-2-19-10(16)12-9-13-14-11(21-9)20-8-6-4-3-5-7(8)15(17)18/h3-6H,2H2,1H3,(H,12,13,16). The number of carbonyl (C=O) groups excluding carboxylic acids is 1. The van der Waals surface area contributed by atoms with Crippen molar-refractivity contribution in [1.29, 1.82) is 0 Å². The van der Waals surface area contributed by atoms with Crippen LogP contribution in [0.2, 0.25) is 0 Å². The molecule has 0 aliphatic carbocycles. The highest BCUT2D eigenvalue weighted by atomic mass is 32.2. The highest BCUT2D eigenvalue weighted by Gasteiger charge is 2.16. The lowest BCUT2D eigenvalue weighted by Crippen LogP contribution is -2.12. The number of para-hydroxylation sites is 1. The fourth-order valence-electron chi connectivity index (χ4n) is 1.34. The molecule has 0 aliphatic heterocycles. The predicted molar refractivity (Wildman–Crippen MR) is 77.8 cm³/mol. The number of nitrogens with zero attached hydrogens (tertiary/aromatic N) is 3. The number of ether oxygens (including phenoxy) is 1. The van der Waals surface area contributed by atoms with Crippen LogP contribution in [0.25, 0.3) is 0 Å². The van der Waals surface area contributed by atoms with Crippen LogP contribution in [0.5, 0.6) is 0 Å². The molecule has 0 unspecified atom stereocenters. The van der Waals surface area contributed by atoms with Gasteiger partial charge in [0.2, 0.25) is 5.13 Å². The number of benzene rings is 1. The van der Waals surface area contributed by atoms with Crippen LogP contribution in [-0.4, -0.2) is 27.8 Å². The van der Waals surface area contributed by atoms with E-state index < -0.39 is 11.0 Å². The molecule has 1 aromatic carbocycles. The van der Waals surface area contributed by atoms with Crippen molar-refractivity contribution in [1.82, 2.24) is 10.2 Å². The average molecular weight is 326 g/mol. The summed E-state index contributed by atoms with van der Waals surface area (Å²) >= 11 is 2.22. The number of carbonyl (C=O) groups is 1. The summed E-state index contributed by atoms with van der Waals surface area (Å²) in [4.78, 5) is 22.2. The fraction of sp³-hybridized carbons (Fsp3) is 0.182. The number of nitro benzene ring substituents is 1. The lowest BCUT2D eigenvalue weighted by Gasteiger charge is -1.99. The van der Waals surface area contributed by atoms with E-state index in [2.05, 4.69) is 15.5 Å². The van der Waals surface area contributed by atoms with Crippen molar-refractivity contribution in [2.75, 3.05) is 11.9 Å². The Morgan fingerprint density at radius 3 is 2.95 bits per heavy atom. The molecule has 1 heterocycles. The summed E-state index contributed by atoms with van der Waals surface area (Å²) in [6.07, 6.45) is -0.615. The van der Waals surface area contributed by atoms with E-state index in [1.807, 2.05) is 0 Å². The number of nitro groups is 1. The van der Waals surface area contributed by atoms with Crippen molar-refractivity contribution in [3.05, 3.63) is 34.4 Å². The molecule has 0 spiro atoms. The molecule has 1 aromatic heterocycles. The maximum atomic E-state index is 11.2. The molecule has 21 heavy (non-hydrogen) atoms. The monoisotopic (exact) mass is 326 g/mol. The maximum absolute atomic E-state index is 11.2. The molecule has 0 radical (unpaired) electrons. The summed E-state index contributed by atoms with van der Waals surface area (Å²) in [5, 5.41) is 21.3. The zero-order valence-electron chi connectivity index (χ0n) is 10.8. The molecule has 0 saturated carbocycles. The molecule has 2 rings (SSSR count). The largest absolute Gasteiger partial charge is 0.450 e. The van der Waals surface area contributed by atoms with Gasteiger partial charge in [0.15, 0.2) is 4.34 Å². The topological polar surface area (TPSA) is 107 Å². The SMILES string of the molecule is CCOC(=O)Nc1nnc(Sc2ccccc2[N+](=O)[O-])s1. The molecular formula is C11H10N4O4S2. The molecule has 0 saturated heterocycles. The molecule has 1 amide bonds. The molecular weight excluding hydrogens is 316 g/mol. The molecule has 2 aromatic rings. The zero-order valence-corrected chi connectivity index (χ0v) is 12.4. The Kier molecular flexibility index (Phi) is 5.06. The number of amides is 1. The van der Waals surface area contributed by atoms with Gasteiger partial charge in [-0.3, -0.25) is 15.4 Å². The number of aromatic nitrogens is 2. The number of rotatable bonds is 5. The fourth-order valence-corrected chi connectivity index (χ4v) is 3.14. The van der Waals surface area contributed by atoms with Gasteiger partial charge in [0.1, 0.15) is 0 Å². The average Bonchev–Trinajstić information content (AvgIpc) is 2.86. The third kappa shape index (κ3) is 4.13. The Hall–Kier alpha value is -2.20. The lowest BCUT2D eigenvalue weighted by atomic mass is 10.3. The van der Waals surface area contributed by atoms with E-state index in [4.69, 9.17) is 4.74 Å². The molecule has 110 valence electrons. The van der Waals surface area contributed by atoms with E-state index in [1.54, 1.807) is 25.1 Å². The van der Waals surface area contributed by atoms with Crippen LogP contribution in [0, 0.1) is 10.1 Å². The first kappa shape index (κ1) is 15.2. The molecule has 8 nitrogen and oxygen atoms in total. The van der Waals surface area contributed by atoms with Gasteiger partial charge in [-0.25, -0.2) is 4.79 Å². The van der Waals surface area contributed by atoms with Crippen LogP contribution in [0.4, 0.5) is 15.6 Å². The summed E-state index contributed by atoms with van der Waals surface area (Å²) in [6, 6.07) is 6.34. The first-order valence-corrected chi connectivity index (χ1v) is 7.42. The van der Waals surface area contributed by atoms with Gasteiger partial charge in [-0.15, -0.1) is 10.2 Å². The predicted octanol–water partition coefficient (Wildman–Crippen LogP) is 3.17. The van der Waals surface area contributed by atoms with E-state index >= 15 is 0 Å². The second-order valence-electron chi connectivity index (χ2n) is 3.55. The van der Waals surface area contributed by atoms with E-state index in [0.29, 0.717) is 9.24 Å². The van der Waals surface area contributed by atoms with E-state index in [1.165, 1.54) is 6.07 Å². The second kappa shape index (κ2) is 6.99. The van der Waals surface area contributed by atoms with Crippen LogP contribution in [0.3, 0.4) is 0 Å². The highest BCUT2D eigenvalue weighted by Crippen LogP contribution is 2.36. The lowest BCUT2D eigenvalue weighted by molar-refractivity contribution is -0.387. The summed E-state index contributed by atoms with van der Waals surface area (Å²) in [7, 11) is 0. The molecule has 0 bridgehead atoms. The van der Waals surface area contributed by atoms with Gasteiger partial charge in [0.05, 0.1) is 16.4 Å².